The van der Waals surface area contributed by atoms with Crippen molar-refractivity contribution in [2.75, 3.05) is 37.6 Å². The maximum absolute atomic E-state index is 13.1. The van der Waals surface area contributed by atoms with Crippen molar-refractivity contribution in [2.24, 2.45) is 5.73 Å². The van der Waals surface area contributed by atoms with E-state index in [1.807, 2.05) is 35.2 Å². The van der Waals surface area contributed by atoms with Gasteiger partial charge in [-0.3, -0.25) is 19.3 Å². The summed E-state index contributed by atoms with van der Waals surface area (Å²) in [6.07, 6.45) is 1.78. The lowest BCUT2D eigenvalue weighted by Crippen LogP contribution is -2.58. The third kappa shape index (κ3) is 3.88. The van der Waals surface area contributed by atoms with E-state index in [2.05, 4.69) is 4.90 Å². The van der Waals surface area contributed by atoms with E-state index in [1.54, 1.807) is 4.90 Å². The van der Waals surface area contributed by atoms with Crippen LogP contribution in [-0.4, -0.2) is 66.3 Å². The second-order valence-electron chi connectivity index (χ2n) is 7.34. The fourth-order valence-electron chi connectivity index (χ4n) is 4.04. The fourth-order valence-corrected chi connectivity index (χ4v) is 4.04. The Morgan fingerprint density at radius 3 is 2.28 bits per heavy atom. The largest absolute Gasteiger partial charge is 0.446 e. The molecule has 152 valence electrons. The summed E-state index contributed by atoms with van der Waals surface area (Å²) in [5.41, 5.74) is 6.10. The van der Waals surface area contributed by atoms with Crippen LogP contribution in [0, 0.1) is 0 Å². The van der Waals surface area contributed by atoms with Crippen LogP contribution in [0.1, 0.15) is 34.0 Å². The minimum Gasteiger partial charge on any atom is -0.446 e. The topological polar surface area (TPSA) is 100 Å². The van der Waals surface area contributed by atoms with Crippen molar-refractivity contribution in [2.45, 2.75) is 18.9 Å². The molecule has 2 saturated heterocycles. The number of hydrogen-bond donors (Lipinski definition) is 1. The van der Waals surface area contributed by atoms with Gasteiger partial charge in [-0.2, -0.15) is 0 Å². The molecular weight excluding hydrogens is 372 g/mol. The number of para-hydroxylation sites is 1. The summed E-state index contributed by atoms with van der Waals surface area (Å²) in [6, 6.07) is 12.5. The lowest BCUT2D eigenvalue weighted by Gasteiger charge is -2.42. The van der Waals surface area contributed by atoms with Crippen LogP contribution in [-0.2, 0) is 4.79 Å². The van der Waals surface area contributed by atoms with Crippen molar-refractivity contribution < 1.29 is 18.8 Å². The highest BCUT2D eigenvalue weighted by molar-refractivity contribution is 5.98. The number of carbonyl (C=O) groups is 3. The standard InChI is InChI=1S/C21H24N4O4/c22-19(26)17-8-9-18(29-17)21(28)24-13-11-23(12-14-24)16-7-4-10-25(20(16)27)15-5-2-1-3-6-15/h1-3,5-6,8-9,16H,4,7,10-14H2,(H2,22,26)/t16-/m0/s1. The van der Waals surface area contributed by atoms with E-state index in [-0.39, 0.29) is 29.4 Å². The first-order chi connectivity index (χ1) is 14.0. The summed E-state index contributed by atoms with van der Waals surface area (Å²) < 4.78 is 5.24. The maximum atomic E-state index is 13.1. The van der Waals surface area contributed by atoms with E-state index in [0.29, 0.717) is 26.2 Å². The Morgan fingerprint density at radius 2 is 1.62 bits per heavy atom. The molecule has 4 rings (SSSR count). The highest BCUT2D eigenvalue weighted by Gasteiger charge is 2.36. The number of nitrogens with zero attached hydrogens (tertiary/aromatic N) is 3. The van der Waals surface area contributed by atoms with Crippen molar-refractivity contribution in [1.29, 1.82) is 0 Å². The molecule has 1 aromatic carbocycles. The summed E-state index contributed by atoms with van der Waals surface area (Å²) in [5.74, 6) is -0.762. The molecule has 8 heteroatoms. The molecule has 2 fully saturated rings. The molecular formula is C21H24N4O4. The number of hydrogen-bond acceptors (Lipinski definition) is 5. The minimum atomic E-state index is -0.701. The van der Waals surface area contributed by atoms with Gasteiger partial charge in [0.1, 0.15) is 0 Å². The number of furan rings is 1. The number of amides is 3. The van der Waals surface area contributed by atoms with Crippen molar-refractivity contribution in [1.82, 2.24) is 9.80 Å². The Labute approximate surface area is 168 Å². The molecule has 3 amide bonds. The number of piperidine rings is 1. The Balaban J connectivity index is 1.38. The van der Waals surface area contributed by atoms with Crippen LogP contribution < -0.4 is 10.6 Å². The number of piperazine rings is 1. The van der Waals surface area contributed by atoms with Gasteiger partial charge in [-0.15, -0.1) is 0 Å². The van der Waals surface area contributed by atoms with Crippen LogP contribution in [0.15, 0.2) is 46.9 Å². The zero-order chi connectivity index (χ0) is 20.4. The van der Waals surface area contributed by atoms with Gasteiger partial charge in [-0.25, -0.2) is 0 Å². The van der Waals surface area contributed by atoms with E-state index >= 15 is 0 Å². The lowest BCUT2D eigenvalue weighted by atomic mass is 10.0. The predicted molar refractivity (Wildman–Crippen MR) is 107 cm³/mol. The first-order valence-electron chi connectivity index (χ1n) is 9.84. The van der Waals surface area contributed by atoms with Crippen molar-refractivity contribution >= 4 is 23.4 Å². The van der Waals surface area contributed by atoms with E-state index in [1.165, 1.54) is 12.1 Å². The van der Waals surface area contributed by atoms with Gasteiger partial charge < -0.3 is 20.0 Å². The van der Waals surface area contributed by atoms with Crippen molar-refractivity contribution in [3.8, 4) is 0 Å². The third-order valence-corrected chi connectivity index (χ3v) is 5.58. The van der Waals surface area contributed by atoms with E-state index in [0.717, 1.165) is 25.1 Å². The lowest BCUT2D eigenvalue weighted by molar-refractivity contribution is -0.126. The Kier molecular flexibility index (Phi) is 5.35. The molecule has 0 aliphatic carbocycles. The molecule has 1 atom stereocenters. The molecule has 0 unspecified atom stereocenters. The van der Waals surface area contributed by atoms with Crippen LogP contribution in [0.4, 0.5) is 5.69 Å². The number of primary amides is 1. The molecule has 2 aliphatic rings. The van der Waals surface area contributed by atoms with E-state index in [4.69, 9.17) is 10.2 Å². The molecule has 2 aliphatic heterocycles. The van der Waals surface area contributed by atoms with Crippen LogP contribution in [0.25, 0.3) is 0 Å². The van der Waals surface area contributed by atoms with Crippen LogP contribution in [0.5, 0.6) is 0 Å². The van der Waals surface area contributed by atoms with Gasteiger partial charge in [-0.05, 0) is 37.1 Å². The normalized spacial score (nSPS) is 20.7. The van der Waals surface area contributed by atoms with Crippen LogP contribution in [0.2, 0.25) is 0 Å². The molecule has 8 nitrogen and oxygen atoms in total. The van der Waals surface area contributed by atoms with Crippen LogP contribution in [0.3, 0.4) is 0 Å². The summed E-state index contributed by atoms with van der Waals surface area (Å²) in [7, 11) is 0. The quantitative estimate of drug-likeness (QED) is 0.840. The molecule has 0 bridgehead atoms. The highest BCUT2D eigenvalue weighted by atomic mass is 16.4. The van der Waals surface area contributed by atoms with Crippen LogP contribution >= 0.6 is 0 Å². The monoisotopic (exact) mass is 396 g/mol. The summed E-state index contributed by atoms with van der Waals surface area (Å²) >= 11 is 0. The van der Waals surface area contributed by atoms with Gasteiger partial charge in [-0.1, -0.05) is 18.2 Å². The van der Waals surface area contributed by atoms with Gasteiger partial charge in [0.25, 0.3) is 11.8 Å². The molecule has 0 saturated carbocycles. The molecule has 2 N–H and O–H groups in total. The van der Waals surface area contributed by atoms with Gasteiger partial charge in [0, 0.05) is 38.4 Å². The molecule has 3 heterocycles. The number of anilines is 1. The molecule has 0 radical (unpaired) electrons. The first-order valence-corrected chi connectivity index (χ1v) is 9.84. The Morgan fingerprint density at radius 1 is 0.931 bits per heavy atom. The molecule has 1 aromatic heterocycles. The Bertz CT molecular complexity index is 902. The van der Waals surface area contributed by atoms with Gasteiger partial charge in [0.05, 0.1) is 6.04 Å². The Hall–Kier alpha value is -3.13. The van der Waals surface area contributed by atoms with Crippen molar-refractivity contribution in [3.63, 3.8) is 0 Å². The first kappa shape index (κ1) is 19.2. The summed E-state index contributed by atoms with van der Waals surface area (Å²) in [4.78, 5) is 42.5. The zero-order valence-electron chi connectivity index (χ0n) is 16.1. The van der Waals surface area contributed by atoms with Gasteiger partial charge >= 0.3 is 0 Å². The highest BCUT2D eigenvalue weighted by Crippen LogP contribution is 2.24. The molecule has 0 spiro atoms. The predicted octanol–water partition coefficient (Wildman–Crippen LogP) is 1.33. The average Bonchev–Trinajstić information content (AvgIpc) is 3.25. The number of nitrogens with two attached hydrogens (primary N) is 1. The van der Waals surface area contributed by atoms with Crippen molar-refractivity contribution in [3.05, 3.63) is 54.0 Å². The zero-order valence-corrected chi connectivity index (χ0v) is 16.1. The number of rotatable bonds is 4. The third-order valence-electron chi connectivity index (χ3n) is 5.58. The minimum absolute atomic E-state index is 0.0270. The number of benzene rings is 1. The maximum Gasteiger partial charge on any atom is 0.289 e. The second-order valence-corrected chi connectivity index (χ2v) is 7.34. The van der Waals surface area contributed by atoms with Gasteiger partial charge in [0.2, 0.25) is 5.91 Å². The smallest absolute Gasteiger partial charge is 0.289 e. The average molecular weight is 396 g/mol. The molecule has 2 aromatic rings. The summed E-state index contributed by atoms with van der Waals surface area (Å²) in [5, 5.41) is 0. The van der Waals surface area contributed by atoms with Gasteiger partial charge in [0.15, 0.2) is 11.5 Å². The van der Waals surface area contributed by atoms with E-state index < -0.39 is 5.91 Å². The van der Waals surface area contributed by atoms with E-state index in [9.17, 15) is 14.4 Å². The second kappa shape index (κ2) is 8.08. The molecule has 29 heavy (non-hydrogen) atoms. The summed E-state index contributed by atoms with van der Waals surface area (Å²) in [6.45, 7) is 2.97. The fraction of sp³-hybridized carbons (Fsp3) is 0.381. The number of carbonyl (C=O) groups excluding carboxylic acids is 3. The SMILES string of the molecule is NC(=O)c1ccc(C(=O)N2CCN([C@H]3CCCN(c4ccccc4)C3=O)CC2)o1.